The minimum atomic E-state index is -1.10. The van der Waals surface area contributed by atoms with E-state index < -0.39 is 35.1 Å². The Morgan fingerprint density at radius 2 is 1.97 bits per heavy atom. The van der Waals surface area contributed by atoms with Crippen LogP contribution in [-0.2, 0) is 19.1 Å². The van der Waals surface area contributed by atoms with E-state index in [1.807, 2.05) is 32.9 Å². The highest BCUT2D eigenvalue weighted by molar-refractivity contribution is 6.00. The number of rotatable bonds is 5. The van der Waals surface area contributed by atoms with Gasteiger partial charge in [-0.05, 0) is 33.6 Å². The van der Waals surface area contributed by atoms with Gasteiger partial charge in [0.2, 0.25) is 17.7 Å². The standard InChI is InChI=1S/C23H33N3O4/c1-5-13-26-18(20(28)25-22(2,3)4)23-12-11-15(30-23)16(17(23)21(26)29)19(27)24-14-9-7-6-8-10-14/h5,11-12,14-18H,1,6-10,13H2,2-4H3,(H,24,27)(H,25,28)/t15-,16+,17-,18+,23+/m1/s1. The molecule has 1 aliphatic carbocycles. The van der Waals surface area contributed by atoms with Crippen LogP contribution in [0.4, 0.5) is 0 Å². The first-order valence-corrected chi connectivity index (χ1v) is 11.1. The van der Waals surface area contributed by atoms with Crippen molar-refractivity contribution in [2.45, 2.75) is 82.2 Å². The number of hydrogen-bond donors (Lipinski definition) is 2. The van der Waals surface area contributed by atoms with E-state index in [1.54, 1.807) is 6.08 Å². The second-order valence-corrected chi connectivity index (χ2v) is 10.1. The first-order valence-electron chi connectivity index (χ1n) is 11.1. The Bertz CT molecular complexity index is 780. The smallest absolute Gasteiger partial charge is 0.246 e. The molecule has 4 aliphatic rings. The molecule has 3 heterocycles. The highest BCUT2D eigenvalue weighted by Crippen LogP contribution is 2.55. The Hall–Kier alpha value is -2.15. The Balaban J connectivity index is 1.63. The summed E-state index contributed by atoms with van der Waals surface area (Å²) in [4.78, 5) is 41.5. The summed E-state index contributed by atoms with van der Waals surface area (Å²) in [6, 6.07) is -0.660. The minimum absolute atomic E-state index is 0.132. The van der Waals surface area contributed by atoms with E-state index in [9.17, 15) is 14.4 Å². The van der Waals surface area contributed by atoms with Crippen molar-refractivity contribution in [3.63, 3.8) is 0 Å². The van der Waals surface area contributed by atoms with Crippen LogP contribution in [0, 0.1) is 11.8 Å². The highest BCUT2D eigenvalue weighted by Gasteiger charge is 2.72. The van der Waals surface area contributed by atoms with Gasteiger partial charge in [0.15, 0.2) is 0 Å². The molecule has 7 nitrogen and oxygen atoms in total. The molecule has 1 spiro atoms. The molecule has 0 radical (unpaired) electrons. The predicted molar refractivity (Wildman–Crippen MR) is 112 cm³/mol. The largest absolute Gasteiger partial charge is 0.359 e. The number of nitrogens with one attached hydrogen (secondary N) is 2. The number of nitrogens with zero attached hydrogens (tertiary/aromatic N) is 1. The molecular formula is C23H33N3O4. The number of carbonyl (C=O) groups is 3. The fraction of sp³-hybridized carbons (Fsp3) is 0.696. The summed E-state index contributed by atoms with van der Waals surface area (Å²) < 4.78 is 6.27. The number of carbonyl (C=O) groups excluding carboxylic acids is 3. The lowest BCUT2D eigenvalue weighted by Gasteiger charge is -2.34. The number of amides is 3. The summed E-state index contributed by atoms with van der Waals surface area (Å²) in [6.07, 6.45) is 10.2. The van der Waals surface area contributed by atoms with E-state index in [-0.39, 0.29) is 30.3 Å². The van der Waals surface area contributed by atoms with Crippen molar-refractivity contribution in [3.05, 3.63) is 24.8 Å². The zero-order valence-electron chi connectivity index (χ0n) is 18.1. The molecule has 2 N–H and O–H groups in total. The minimum Gasteiger partial charge on any atom is -0.359 e. The van der Waals surface area contributed by atoms with E-state index >= 15 is 0 Å². The van der Waals surface area contributed by atoms with Gasteiger partial charge < -0.3 is 20.3 Å². The maximum atomic E-state index is 13.5. The number of fused-ring (bicyclic) bond motifs is 1. The summed E-state index contributed by atoms with van der Waals surface area (Å²) in [5, 5.41) is 6.15. The fourth-order valence-corrected chi connectivity index (χ4v) is 5.59. The summed E-state index contributed by atoms with van der Waals surface area (Å²) in [7, 11) is 0. The Morgan fingerprint density at radius 3 is 2.60 bits per heavy atom. The maximum Gasteiger partial charge on any atom is 0.246 e. The van der Waals surface area contributed by atoms with E-state index in [4.69, 9.17) is 4.74 Å². The zero-order valence-corrected chi connectivity index (χ0v) is 18.1. The third kappa shape index (κ3) is 3.37. The third-order valence-corrected chi connectivity index (χ3v) is 6.70. The van der Waals surface area contributed by atoms with Gasteiger partial charge in [-0.1, -0.05) is 37.5 Å². The molecule has 3 fully saturated rings. The van der Waals surface area contributed by atoms with Crippen molar-refractivity contribution >= 4 is 17.7 Å². The van der Waals surface area contributed by atoms with Crippen LogP contribution in [0.3, 0.4) is 0 Å². The number of ether oxygens (including phenoxy) is 1. The molecule has 164 valence electrons. The molecule has 2 bridgehead atoms. The molecule has 7 heteroatoms. The van der Waals surface area contributed by atoms with Crippen LogP contribution in [0.25, 0.3) is 0 Å². The summed E-state index contributed by atoms with van der Waals surface area (Å²) in [6.45, 7) is 9.68. The molecule has 0 aromatic heterocycles. The molecule has 4 rings (SSSR count). The summed E-state index contributed by atoms with van der Waals surface area (Å²) in [5.74, 6) is -1.90. The van der Waals surface area contributed by atoms with Crippen LogP contribution in [0.2, 0.25) is 0 Å². The SMILES string of the molecule is C=CCN1C(=O)[C@H]2[C@@H](C(=O)NC3CCCCC3)[C@H]3C=C[C@@]2(O3)[C@@H]1C(=O)NC(C)(C)C. The maximum absolute atomic E-state index is 13.5. The van der Waals surface area contributed by atoms with Crippen LogP contribution in [0.15, 0.2) is 24.8 Å². The Kier molecular flexibility index (Phi) is 5.29. The molecule has 0 unspecified atom stereocenters. The van der Waals surface area contributed by atoms with Crippen LogP contribution in [0.5, 0.6) is 0 Å². The Morgan fingerprint density at radius 1 is 1.27 bits per heavy atom. The summed E-state index contributed by atoms with van der Waals surface area (Å²) in [5.41, 5.74) is -1.55. The van der Waals surface area contributed by atoms with Crippen LogP contribution in [0.1, 0.15) is 52.9 Å². The van der Waals surface area contributed by atoms with Gasteiger partial charge >= 0.3 is 0 Å². The van der Waals surface area contributed by atoms with Gasteiger partial charge in [-0.25, -0.2) is 0 Å². The molecule has 30 heavy (non-hydrogen) atoms. The fourth-order valence-electron chi connectivity index (χ4n) is 5.59. The predicted octanol–water partition coefficient (Wildman–Crippen LogP) is 1.69. The van der Waals surface area contributed by atoms with Gasteiger partial charge in [0.05, 0.1) is 17.9 Å². The molecule has 3 aliphatic heterocycles. The van der Waals surface area contributed by atoms with Crippen molar-refractivity contribution in [3.8, 4) is 0 Å². The van der Waals surface area contributed by atoms with Crippen molar-refractivity contribution in [1.29, 1.82) is 0 Å². The van der Waals surface area contributed by atoms with Crippen LogP contribution >= 0.6 is 0 Å². The van der Waals surface area contributed by atoms with E-state index in [2.05, 4.69) is 17.2 Å². The average Bonchev–Trinajstić information content (AvgIpc) is 3.29. The lowest BCUT2D eigenvalue weighted by atomic mass is 9.74. The Labute approximate surface area is 178 Å². The van der Waals surface area contributed by atoms with Crippen molar-refractivity contribution < 1.29 is 19.1 Å². The van der Waals surface area contributed by atoms with Crippen molar-refractivity contribution in [1.82, 2.24) is 15.5 Å². The highest BCUT2D eigenvalue weighted by atomic mass is 16.5. The lowest BCUT2D eigenvalue weighted by molar-refractivity contribution is -0.141. The van der Waals surface area contributed by atoms with Gasteiger partial charge in [0.1, 0.15) is 11.6 Å². The van der Waals surface area contributed by atoms with Gasteiger partial charge in [-0.3, -0.25) is 14.4 Å². The van der Waals surface area contributed by atoms with Crippen molar-refractivity contribution in [2.75, 3.05) is 6.54 Å². The molecule has 3 amide bonds. The van der Waals surface area contributed by atoms with E-state index in [1.165, 1.54) is 11.3 Å². The molecular weight excluding hydrogens is 382 g/mol. The molecule has 1 saturated carbocycles. The second-order valence-electron chi connectivity index (χ2n) is 10.1. The number of hydrogen-bond acceptors (Lipinski definition) is 4. The van der Waals surface area contributed by atoms with Gasteiger partial charge in [0.25, 0.3) is 0 Å². The van der Waals surface area contributed by atoms with E-state index in [0.29, 0.717) is 0 Å². The first-order chi connectivity index (χ1) is 14.2. The lowest BCUT2D eigenvalue weighted by Crippen LogP contribution is -2.58. The van der Waals surface area contributed by atoms with Crippen LogP contribution in [-0.4, -0.2) is 58.5 Å². The monoisotopic (exact) mass is 415 g/mol. The van der Waals surface area contributed by atoms with E-state index in [0.717, 1.165) is 25.7 Å². The van der Waals surface area contributed by atoms with Crippen LogP contribution < -0.4 is 10.6 Å². The van der Waals surface area contributed by atoms with Gasteiger partial charge in [-0.2, -0.15) is 0 Å². The summed E-state index contributed by atoms with van der Waals surface area (Å²) >= 11 is 0. The van der Waals surface area contributed by atoms with Gasteiger partial charge in [-0.15, -0.1) is 6.58 Å². The third-order valence-electron chi connectivity index (χ3n) is 6.70. The first kappa shape index (κ1) is 21.1. The number of likely N-dealkylation sites (tertiary alicyclic amines) is 1. The average molecular weight is 416 g/mol. The normalized spacial score (nSPS) is 35.4. The topological polar surface area (TPSA) is 87.7 Å². The van der Waals surface area contributed by atoms with Gasteiger partial charge in [0, 0.05) is 18.1 Å². The molecule has 5 atom stereocenters. The molecule has 0 aromatic rings. The molecule has 0 aromatic carbocycles. The van der Waals surface area contributed by atoms with Crippen molar-refractivity contribution in [2.24, 2.45) is 11.8 Å². The quantitative estimate of drug-likeness (QED) is 0.669. The molecule has 2 saturated heterocycles. The zero-order chi connectivity index (χ0) is 21.7. The second kappa shape index (κ2) is 7.52.